The predicted molar refractivity (Wildman–Crippen MR) is 111 cm³/mol. The van der Waals surface area contributed by atoms with Gasteiger partial charge in [-0.15, -0.1) is 0 Å². The van der Waals surface area contributed by atoms with Crippen molar-refractivity contribution in [3.8, 4) is 0 Å². The second-order valence-electron chi connectivity index (χ2n) is 7.56. The van der Waals surface area contributed by atoms with Crippen LogP contribution in [0.4, 0.5) is 11.5 Å². The minimum Gasteiger partial charge on any atom is -0.383 e. The van der Waals surface area contributed by atoms with E-state index in [0.717, 1.165) is 0 Å². The summed E-state index contributed by atoms with van der Waals surface area (Å²) < 4.78 is 1.30. The number of carbonyl (C=O) groups excluding carboxylic acids is 1. The summed E-state index contributed by atoms with van der Waals surface area (Å²) in [6.45, 7) is 8.34. The van der Waals surface area contributed by atoms with Gasteiger partial charge in [0.05, 0.1) is 6.42 Å². The molecule has 8 nitrogen and oxygen atoms in total. The van der Waals surface area contributed by atoms with E-state index in [0.29, 0.717) is 17.3 Å². The second-order valence-corrected chi connectivity index (χ2v) is 7.95. The number of nitrogen functional groups attached to an aromatic ring is 1. The van der Waals surface area contributed by atoms with Crippen molar-refractivity contribution in [1.82, 2.24) is 14.5 Å². The first-order valence-corrected chi connectivity index (χ1v) is 9.51. The minimum absolute atomic E-state index is 0.000808. The van der Waals surface area contributed by atoms with Gasteiger partial charge in [-0.2, -0.15) is 0 Å². The molecular formula is C19H26ClN5O3. The number of pyridine rings is 1. The summed E-state index contributed by atoms with van der Waals surface area (Å²) in [4.78, 5) is 45.4. The van der Waals surface area contributed by atoms with Crippen molar-refractivity contribution in [2.75, 3.05) is 17.2 Å². The van der Waals surface area contributed by atoms with E-state index in [1.807, 2.05) is 27.7 Å². The molecule has 0 aliphatic rings. The summed E-state index contributed by atoms with van der Waals surface area (Å²) in [5, 5.41) is 0.330. The Labute approximate surface area is 168 Å². The molecule has 2 heterocycles. The molecule has 0 unspecified atom stereocenters. The SMILES string of the molecule is CC(C)CN(C(=O)Cc1ccc(Cl)nc1)c1c(N)n(CC(C)C)c(=O)[nH]c1=O. The van der Waals surface area contributed by atoms with Crippen molar-refractivity contribution in [1.29, 1.82) is 0 Å². The fourth-order valence-electron chi connectivity index (χ4n) is 2.85. The highest BCUT2D eigenvalue weighted by atomic mass is 35.5. The lowest BCUT2D eigenvalue weighted by Gasteiger charge is -2.26. The number of nitrogens with one attached hydrogen (secondary N) is 1. The molecule has 0 aliphatic carbocycles. The molecule has 0 spiro atoms. The highest BCUT2D eigenvalue weighted by molar-refractivity contribution is 6.29. The van der Waals surface area contributed by atoms with Gasteiger partial charge in [-0.05, 0) is 23.5 Å². The average Bonchev–Trinajstić information content (AvgIpc) is 2.59. The molecule has 2 aromatic rings. The Morgan fingerprint density at radius 1 is 1.25 bits per heavy atom. The van der Waals surface area contributed by atoms with Gasteiger partial charge in [0, 0.05) is 19.3 Å². The van der Waals surface area contributed by atoms with E-state index in [9.17, 15) is 14.4 Å². The van der Waals surface area contributed by atoms with Gasteiger partial charge in [-0.3, -0.25) is 19.1 Å². The number of halogens is 1. The number of carbonyl (C=O) groups is 1. The Hall–Kier alpha value is -2.61. The van der Waals surface area contributed by atoms with Crippen LogP contribution in [0, 0.1) is 11.8 Å². The number of hydrogen-bond acceptors (Lipinski definition) is 5. The van der Waals surface area contributed by atoms with Crippen LogP contribution in [-0.2, 0) is 17.8 Å². The van der Waals surface area contributed by atoms with Crippen molar-refractivity contribution in [3.63, 3.8) is 0 Å². The third kappa shape index (κ3) is 5.22. The quantitative estimate of drug-likeness (QED) is 0.682. The van der Waals surface area contributed by atoms with Gasteiger partial charge in [0.1, 0.15) is 11.0 Å². The van der Waals surface area contributed by atoms with Crippen molar-refractivity contribution in [3.05, 3.63) is 49.9 Å². The van der Waals surface area contributed by atoms with Crippen LogP contribution in [0.3, 0.4) is 0 Å². The highest BCUT2D eigenvalue weighted by Crippen LogP contribution is 2.20. The Kier molecular flexibility index (Phi) is 7.01. The van der Waals surface area contributed by atoms with Crippen LogP contribution in [0.25, 0.3) is 0 Å². The van der Waals surface area contributed by atoms with E-state index in [1.165, 1.54) is 15.7 Å². The maximum atomic E-state index is 13.0. The molecule has 3 N–H and O–H groups in total. The van der Waals surface area contributed by atoms with Crippen molar-refractivity contribution in [2.45, 2.75) is 40.7 Å². The number of aromatic amines is 1. The average molecular weight is 408 g/mol. The first kappa shape index (κ1) is 21.7. The highest BCUT2D eigenvalue weighted by Gasteiger charge is 2.25. The Morgan fingerprint density at radius 3 is 2.46 bits per heavy atom. The maximum Gasteiger partial charge on any atom is 0.330 e. The predicted octanol–water partition coefficient (Wildman–Crippen LogP) is 2.05. The van der Waals surface area contributed by atoms with E-state index in [1.54, 1.807) is 12.1 Å². The number of H-pyrrole nitrogens is 1. The second kappa shape index (κ2) is 9.05. The maximum absolute atomic E-state index is 13.0. The van der Waals surface area contributed by atoms with E-state index in [2.05, 4.69) is 9.97 Å². The third-order valence-corrected chi connectivity index (χ3v) is 4.25. The number of nitrogens with two attached hydrogens (primary N) is 1. The largest absolute Gasteiger partial charge is 0.383 e. The Balaban J connectivity index is 2.50. The van der Waals surface area contributed by atoms with Crippen LogP contribution in [0.15, 0.2) is 27.9 Å². The van der Waals surface area contributed by atoms with E-state index < -0.39 is 11.2 Å². The zero-order valence-corrected chi connectivity index (χ0v) is 17.3. The van der Waals surface area contributed by atoms with Crippen molar-refractivity contribution in [2.24, 2.45) is 11.8 Å². The standard InChI is InChI=1S/C19H26ClN5O3/c1-11(2)9-24(15(26)7-13-5-6-14(20)22-8-13)16-17(21)25(10-12(3)4)19(28)23-18(16)27/h5-6,8,11-12H,7,9-10,21H2,1-4H3,(H,23,27,28). The molecule has 0 radical (unpaired) electrons. The van der Waals surface area contributed by atoms with Gasteiger partial charge in [0.2, 0.25) is 5.91 Å². The lowest BCUT2D eigenvalue weighted by Crippen LogP contribution is -2.43. The van der Waals surface area contributed by atoms with Gasteiger partial charge >= 0.3 is 5.69 Å². The van der Waals surface area contributed by atoms with Crippen LogP contribution < -0.4 is 21.9 Å². The summed E-state index contributed by atoms with van der Waals surface area (Å²) >= 11 is 5.79. The lowest BCUT2D eigenvalue weighted by atomic mass is 10.1. The summed E-state index contributed by atoms with van der Waals surface area (Å²) in [7, 11) is 0. The fourth-order valence-corrected chi connectivity index (χ4v) is 2.96. The number of amides is 1. The van der Waals surface area contributed by atoms with Crippen LogP contribution in [0.5, 0.6) is 0 Å². The van der Waals surface area contributed by atoms with Gasteiger partial charge < -0.3 is 10.6 Å². The first-order chi connectivity index (χ1) is 13.1. The molecular weight excluding hydrogens is 382 g/mol. The van der Waals surface area contributed by atoms with Crippen LogP contribution in [0.1, 0.15) is 33.3 Å². The molecule has 0 aliphatic heterocycles. The van der Waals surface area contributed by atoms with Gasteiger partial charge in [-0.1, -0.05) is 45.4 Å². The summed E-state index contributed by atoms with van der Waals surface area (Å²) in [6, 6.07) is 3.30. The van der Waals surface area contributed by atoms with Crippen LogP contribution in [-0.4, -0.2) is 27.0 Å². The van der Waals surface area contributed by atoms with Crippen LogP contribution in [0.2, 0.25) is 5.15 Å². The molecule has 0 aromatic carbocycles. The molecule has 0 fully saturated rings. The Morgan fingerprint density at radius 2 is 1.93 bits per heavy atom. The van der Waals surface area contributed by atoms with E-state index in [4.69, 9.17) is 17.3 Å². The number of aromatic nitrogens is 3. The van der Waals surface area contributed by atoms with Crippen molar-refractivity contribution >= 4 is 29.0 Å². The number of hydrogen-bond donors (Lipinski definition) is 2. The van der Waals surface area contributed by atoms with Crippen LogP contribution >= 0.6 is 11.6 Å². The normalized spacial score (nSPS) is 11.2. The van der Waals surface area contributed by atoms with Gasteiger partial charge in [-0.25, -0.2) is 9.78 Å². The summed E-state index contributed by atoms with van der Waals surface area (Å²) in [5.41, 5.74) is 5.58. The smallest absolute Gasteiger partial charge is 0.330 e. The molecule has 1 amide bonds. The summed E-state index contributed by atoms with van der Waals surface area (Å²) in [5.74, 6) is -0.111. The molecule has 0 saturated heterocycles. The monoisotopic (exact) mass is 407 g/mol. The topological polar surface area (TPSA) is 114 Å². The zero-order chi connectivity index (χ0) is 21.0. The number of rotatable bonds is 7. The lowest BCUT2D eigenvalue weighted by molar-refractivity contribution is -0.118. The molecule has 2 aromatic heterocycles. The number of nitrogens with zero attached hydrogens (tertiary/aromatic N) is 3. The third-order valence-electron chi connectivity index (χ3n) is 4.02. The molecule has 28 heavy (non-hydrogen) atoms. The van der Waals surface area contributed by atoms with E-state index >= 15 is 0 Å². The van der Waals surface area contributed by atoms with Gasteiger partial charge in [0.25, 0.3) is 5.56 Å². The summed E-state index contributed by atoms with van der Waals surface area (Å²) in [6.07, 6.45) is 1.54. The molecule has 152 valence electrons. The molecule has 0 bridgehead atoms. The van der Waals surface area contributed by atoms with Gasteiger partial charge in [0.15, 0.2) is 5.69 Å². The molecule has 0 saturated carbocycles. The first-order valence-electron chi connectivity index (χ1n) is 9.13. The zero-order valence-electron chi connectivity index (χ0n) is 16.5. The molecule has 9 heteroatoms. The van der Waals surface area contributed by atoms with Crippen molar-refractivity contribution < 1.29 is 4.79 Å². The molecule has 0 atom stereocenters. The number of anilines is 2. The Bertz CT molecular complexity index is 948. The molecule has 2 rings (SSSR count). The minimum atomic E-state index is -0.675. The van der Waals surface area contributed by atoms with E-state index in [-0.39, 0.29) is 42.2 Å². The fraction of sp³-hybridized carbons (Fsp3) is 0.474.